The van der Waals surface area contributed by atoms with Crippen molar-refractivity contribution in [3.63, 3.8) is 0 Å². The van der Waals surface area contributed by atoms with Gasteiger partial charge >= 0.3 is 0 Å². The van der Waals surface area contributed by atoms with Crippen molar-refractivity contribution in [1.82, 2.24) is 4.72 Å². The van der Waals surface area contributed by atoms with E-state index in [1.165, 1.54) is 6.07 Å². The molecule has 0 aliphatic rings. The molecule has 1 heterocycles. The fraction of sp³-hybridized carbons (Fsp3) is 0.714. The zero-order chi connectivity index (χ0) is 16.1. The monoisotopic (exact) mass is 381 g/mol. The molecule has 2 N–H and O–H groups in total. The first-order valence-corrected chi connectivity index (χ1v) is 9.38. The van der Waals surface area contributed by atoms with E-state index in [9.17, 15) is 8.42 Å². The Bertz CT molecular complexity index is 551. The standard InChI is InChI=1S/C14H24BrNO4S/c1-4-5-6-7-14(2,3)10-16-21(18,19)12-8-11(9-17)20-13(12)15/h8,16-17H,4-7,9-10H2,1-3H3. The van der Waals surface area contributed by atoms with Gasteiger partial charge in [-0.05, 0) is 27.8 Å². The van der Waals surface area contributed by atoms with Crippen LogP contribution in [0.3, 0.4) is 0 Å². The van der Waals surface area contributed by atoms with E-state index < -0.39 is 10.0 Å². The van der Waals surface area contributed by atoms with Gasteiger partial charge in [0.25, 0.3) is 0 Å². The lowest BCUT2D eigenvalue weighted by Crippen LogP contribution is -2.34. The number of unbranched alkanes of at least 4 members (excludes halogenated alkanes) is 2. The second-order valence-electron chi connectivity index (χ2n) is 5.95. The number of sulfonamides is 1. The third kappa shape index (κ3) is 5.73. The quantitative estimate of drug-likeness (QED) is 0.642. The van der Waals surface area contributed by atoms with Gasteiger partial charge in [0.05, 0.1) is 0 Å². The summed E-state index contributed by atoms with van der Waals surface area (Å²) in [6, 6.07) is 1.33. The zero-order valence-corrected chi connectivity index (χ0v) is 15.2. The molecule has 0 spiro atoms. The Balaban J connectivity index is 2.70. The van der Waals surface area contributed by atoms with Crippen molar-refractivity contribution in [3.8, 4) is 0 Å². The second-order valence-corrected chi connectivity index (χ2v) is 8.41. The predicted octanol–water partition coefficient (Wildman–Crippen LogP) is 3.42. The van der Waals surface area contributed by atoms with Crippen LogP contribution >= 0.6 is 15.9 Å². The summed E-state index contributed by atoms with van der Waals surface area (Å²) in [5.41, 5.74) is -0.0989. The Hall–Kier alpha value is -0.370. The lowest BCUT2D eigenvalue weighted by molar-refractivity contribution is 0.245. The van der Waals surface area contributed by atoms with E-state index in [0.717, 1.165) is 25.7 Å². The number of hydrogen-bond donors (Lipinski definition) is 2. The van der Waals surface area contributed by atoms with Gasteiger partial charge in [0, 0.05) is 12.6 Å². The van der Waals surface area contributed by atoms with Crippen molar-refractivity contribution in [2.75, 3.05) is 6.54 Å². The highest BCUT2D eigenvalue weighted by Crippen LogP contribution is 2.28. The fourth-order valence-electron chi connectivity index (χ4n) is 1.97. The van der Waals surface area contributed by atoms with E-state index in [-0.39, 0.29) is 27.3 Å². The van der Waals surface area contributed by atoms with Crippen LogP contribution in [0.25, 0.3) is 0 Å². The first kappa shape index (κ1) is 18.7. The Morgan fingerprint density at radius 3 is 2.57 bits per heavy atom. The number of rotatable bonds is 9. The molecule has 0 radical (unpaired) electrons. The zero-order valence-electron chi connectivity index (χ0n) is 12.8. The highest BCUT2D eigenvalue weighted by Gasteiger charge is 2.25. The Kier molecular flexibility index (Phi) is 6.90. The average Bonchev–Trinajstić information content (AvgIpc) is 2.79. The van der Waals surface area contributed by atoms with E-state index in [4.69, 9.17) is 9.52 Å². The minimum atomic E-state index is -3.65. The maximum absolute atomic E-state index is 12.3. The van der Waals surface area contributed by atoms with Crippen molar-refractivity contribution in [2.24, 2.45) is 5.41 Å². The first-order chi connectivity index (χ1) is 9.72. The Morgan fingerprint density at radius 1 is 1.38 bits per heavy atom. The van der Waals surface area contributed by atoms with Gasteiger partial charge in [-0.15, -0.1) is 0 Å². The summed E-state index contributed by atoms with van der Waals surface area (Å²) in [7, 11) is -3.65. The third-order valence-electron chi connectivity index (χ3n) is 3.35. The Morgan fingerprint density at radius 2 is 2.05 bits per heavy atom. The molecule has 0 amide bonds. The lowest BCUT2D eigenvalue weighted by atomic mass is 9.87. The second kappa shape index (κ2) is 7.76. The van der Waals surface area contributed by atoms with Crippen molar-refractivity contribution < 1.29 is 17.9 Å². The van der Waals surface area contributed by atoms with Crippen LogP contribution in [-0.2, 0) is 16.6 Å². The van der Waals surface area contributed by atoms with E-state index in [1.807, 2.05) is 0 Å². The van der Waals surface area contributed by atoms with Crippen LogP contribution in [0.4, 0.5) is 0 Å². The summed E-state index contributed by atoms with van der Waals surface area (Å²) in [5.74, 6) is 0.212. The highest BCUT2D eigenvalue weighted by molar-refractivity contribution is 9.10. The summed E-state index contributed by atoms with van der Waals surface area (Å²) in [5, 5.41) is 8.99. The number of nitrogens with one attached hydrogen (secondary N) is 1. The van der Waals surface area contributed by atoms with Crippen LogP contribution in [0.2, 0.25) is 0 Å². The molecule has 0 aromatic carbocycles. The topological polar surface area (TPSA) is 79.5 Å². The summed E-state index contributed by atoms with van der Waals surface area (Å²) in [4.78, 5) is 0.0240. The van der Waals surface area contributed by atoms with E-state index in [1.54, 1.807) is 0 Å². The lowest BCUT2D eigenvalue weighted by Gasteiger charge is -2.24. The summed E-state index contributed by atoms with van der Waals surface area (Å²) < 4.78 is 32.4. The van der Waals surface area contributed by atoms with Gasteiger partial charge in [0.15, 0.2) is 4.67 Å². The van der Waals surface area contributed by atoms with Crippen molar-refractivity contribution in [1.29, 1.82) is 0 Å². The van der Waals surface area contributed by atoms with Crippen molar-refractivity contribution in [3.05, 3.63) is 16.5 Å². The molecular weight excluding hydrogens is 358 g/mol. The smallest absolute Gasteiger partial charge is 0.244 e. The fourth-order valence-corrected chi connectivity index (χ4v) is 4.21. The van der Waals surface area contributed by atoms with Gasteiger partial charge in [-0.1, -0.05) is 40.0 Å². The van der Waals surface area contributed by atoms with Gasteiger partial charge in [0.2, 0.25) is 10.0 Å². The summed E-state index contributed by atoms with van der Waals surface area (Å²) in [6.07, 6.45) is 4.37. The predicted molar refractivity (Wildman–Crippen MR) is 85.4 cm³/mol. The number of halogens is 1. The van der Waals surface area contributed by atoms with E-state index in [0.29, 0.717) is 6.54 Å². The summed E-state index contributed by atoms with van der Waals surface area (Å²) >= 11 is 3.07. The van der Waals surface area contributed by atoms with Crippen molar-refractivity contribution in [2.45, 2.75) is 58.0 Å². The molecule has 0 aliphatic carbocycles. The largest absolute Gasteiger partial charge is 0.450 e. The summed E-state index contributed by atoms with van der Waals surface area (Å²) in [6.45, 7) is 6.27. The van der Waals surface area contributed by atoms with Crippen molar-refractivity contribution >= 4 is 26.0 Å². The average molecular weight is 382 g/mol. The maximum Gasteiger partial charge on any atom is 0.244 e. The van der Waals surface area contributed by atoms with Crippen LogP contribution < -0.4 is 4.72 Å². The van der Waals surface area contributed by atoms with Crippen LogP contribution in [0.1, 0.15) is 52.2 Å². The maximum atomic E-state index is 12.3. The molecular formula is C14H24BrNO4S. The van der Waals surface area contributed by atoms with Gasteiger partial charge < -0.3 is 9.52 Å². The molecule has 0 bridgehead atoms. The number of hydrogen-bond acceptors (Lipinski definition) is 4. The SMILES string of the molecule is CCCCCC(C)(C)CNS(=O)(=O)c1cc(CO)oc1Br. The molecule has 1 aromatic rings. The molecule has 0 saturated carbocycles. The molecule has 1 rings (SSSR count). The molecule has 122 valence electrons. The number of furan rings is 1. The normalized spacial score (nSPS) is 12.8. The van der Waals surface area contributed by atoms with E-state index >= 15 is 0 Å². The molecule has 1 aromatic heterocycles. The molecule has 5 nitrogen and oxygen atoms in total. The molecule has 0 saturated heterocycles. The molecule has 0 atom stereocenters. The molecule has 21 heavy (non-hydrogen) atoms. The van der Waals surface area contributed by atoms with Gasteiger partial charge in [0.1, 0.15) is 17.3 Å². The minimum absolute atomic E-state index is 0.0240. The molecule has 0 unspecified atom stereocenters. The molecule has 7 heteroatoms. The minimum Gasteiger partial charge on any atom is -0.450 e. The van der Waals surface area contributed by atoms with Gasteiger partial charge in [-0.3, -0.25) is 0 Å². The van der Waals surface area contributed by atoms with E-state index in [2.05, 4.69) is 41.4 Å². The van der Waals surface area contributed by atoms with Crippen LogP contribution in [0.5, 0.6) is 0 Å². The van der Waals surface area contributed by atoms with Crippen LogP contribution in [-0.4, -0.2) is 20.1 Å². The Labute approximate surface area is 135 Å². The molecule has 0 aliphatic heterocycles. The van der Waals surface area contributed by atoms with Crippen LogP contribution in [0.15, 0.2) is 20.0 Å². The van der Waals surface area contributed by atoms with Gasteiger partial charge in [-0.2, -0.15) is 0 Å². The first-order valence-electron chi connectivity index (χ1n) is 7.10. The molecule has 0 fully saturated rings. The number of aliphatic hydroxyl groups is 1. The third-order valence-corrected chi connectivity index (χ3v) is 5.61. The van der Waals surface area contributed by atoms with Crippen LogP contribution in [0, 0.1) is 5.41 Å². The number of aliphatic hydroxyl groups excluding tert-OH is 1. The van der Waals surface area contributed by atoms with Gasteiger partial charge in [-0.25, -0.2) is 13.1 Å². The highest BCUT2D eigenvalue weighted by atomic mass is 79.9.